The van der Waals surface area contributed by atoms with Gasteiger partial charge in [0.25, 0.3) is 5.91 Å². The third-order valence-corrected chi connectivity index (χ3v) is 6.23. The van der Waals surface area contributed by atoms with Gasteiger partial charge in [-0.15, -0.1) is 0 Å². The van der Waals surface area contributed by atoms with Crippen molar-refractivity contribution in [3.63, 3.8) is 0 Å². The molecule has 0 saturated carbocycles. The summed E-state index contributed by atoms with van der Waals surface area (Å²) in [5, 5.41) is 5.93. The first-order valence-corrected chi connectivity index (χ1v) is 12.7. The Morgan fingerprint density at radius 3 is 2.41 bits per heavy atom. The van der Waals surface area contributed by atoms with Gasteiger partial charge in [-0.25, -0.2) is 0 Å². The van der Waals surface area contributed by atoms with E-state index in [0.29, 0.717) is 25.1 Å². The van der Waals surface area contributed by atoms with E-state index in [0.717, 1.165) is 43.5 Å². The minimum atomic E-state index is -0.638. The summed E-state index contributed by atoms with van der Waals surface area (Å²) in [5.41, 5.74) is 1.52. The Kier molecular flexibility index (Phi) is 10.9. The normalized spacial score (nSPS) is 14.5. The summed E-state index contributed by atoms with van der Waals surface area (Å²) in [7, 11) is 0. The molecule has 1 heterocycles. The molecule has 1 aliphatic rings. The number of hydrogen-bond donors (Lipinski definition) is 2. The van der Waals surface area contributed by atoms with Crippen LogP contribution in [0.1, 0.15) is 61.4 Å². The Hall–Kier alpha value is -2.86. The maximum atomic E-state index is 12.9. The first-order valence-electron chi connectivity index (χ1n) is 12.7. The fourth-order valence-corrected chi connectivity index (χ4v) is 4.18. The molecule has 34 heavy (non-hydrogen) atoms. The molecule has 1 unspecified atom stereocenters. The topological polar surface area (TPSA) is 70.7 Å². The minimum absolute atomic E-state index is 0.147. The van der Waals surface area contributed by atoms with Crippen LogP contribution in [-0.4, -0.2) is 55.5 Å². The van der Waals surface area contributed by atoms with E-state index in [2.05, 4.69) is 22.5 Å². The minimum Gasteiger partial charge on any atom is -0.492 e. The van der Waals surface area contributed by atoms with Crippen molar-refractivity contribution in [2.24, 2.45) is 0 Å². The van der Waals surface area contributed by atoms with Gasteiger partial charge in [-0.05, 0) is 62.2 Å². The van der Waals surface area contributed by atoms with Gasteiger partial charge in [0.15, 0.2) is 0 Å². The van der Waals surface area contributed by atoms with Crippen LogP contribution >= 0.6 is 0 Å². The Morgan fingerprint density at radius 1 is 0.971 bits per heavy atom. The summed E-state index contributed by atoms with van der Waals surface area (Å²) >= 11 is 0. The van der Waals surface area contributed by atoms with Crippen molar-refractivity contribution in [2.75, 3.05) is 32.8 Å². The van der Waals surface area contributed by atoms with Gasteiger partial charge in [0.2, 0.25) is 5.91 Å². The fraction of sp³-hybridized carbons (Fsp3) is 0.500. The number of amides is 2. The van der Waals surface area contributed by atoms with Crippen LogP contribution in [-0.2, 0) is 11.2 Å². The molecule has 0 radical (unpaired) electrons. The van der Waals surface area contributed by atoms with E-state index in [9.17, 15) is 9.59 Å². The Morgan fingerprint density at radius 2 is 1.71 bits per heavy atom. The van der Waals surface area contributed by atoms with Crippen LogP contribution in [0.25, 0.3) is 0 Å². The molecule has 2 N–H and O–H groups in total. The van der Waals surface area contributed by atoms with Crippen LogP contribution in [0.3, 0.4) is 0 Å². The molecular formula is C28H39N3O3. The number of carbonyl (C=O) groups excluding carboxylic acids is 2. The van der Waals surface area contributed by atoms with Crippen molar-refractivity contribution in [2.45, 2.75) is 57.9 Å². The summed E-state index contributed by atoms with van der Waals surface area (Å²) in [6.45, 7) is 6.75. The standard InChI is InChI=1S/C28H39N3O3/c1-2-3-4-8-17-29-28(33)26(30-27(32)24-11-6-5-7-12-24)22-23-13-15-25(16-14-23)34-21-20-31-18-9-10-19-31/h5-7,11-16,26H,2-4,8-10,17-22H2,1H3,(H,29,33)(H,30,32). The Labute approximate surface area is 204 Å². The number of rotatable bonds is 14. The monoisotopic (exact) mass is 465 g/mol. The molecule has 1 aliphatic heterocycles. The number of carbonyl (C=O) groups is 2. The van der Waals surface area contributed by atoms with Crippen LogP contribution in [0.15, 0.2) is 54.6 Å². The number of nitrogens with zero attached hydrogens (tertiary/aromatic N) is 1. The number of hydrogen-bond acceptors (Lipinski definition) is 4. The Balaban J connectivity index is 1.55. The third kappa shape index (κ3) is 8.82. The molecule has 0 aromatic heterocycles. The van der Waals surface area contributed by atoms with Gasteiger partial charge in [0.1, 0.15) is 18.4 Å². The van der Waals surface area contributed by atoms with Crippen LogP contribution in [0.4, 0.5) is 0 Å². The smallest absolute Gasteiger partial charge is 0.251 e. The molecule has 3 rings (SSSR count). The second-order valence-corrected chi connectivity index (χ2v) is 8.99. The van der Waals surface area contributed by atoms with Gasteiger partial charge in [0, 0.05) is 25.1 Å². The molecule has 2 aromatic carbocycles. The molecule has 1 fully saturated rings. The van der Waals surface area contributed by atoms with E-state index in [1.807, 2.05) is 42.5 Å². The predicted molar refractivity (Wildman–Crippen MR) is 136 cm³/mol. The molecular weight excluding hydrogens is 426 g/mol. The molecule has 184 valence electrons. The summed E-state index contributed by atoms with van der Waals surface area (Å²) in [6, 6.07) is 16.2. The second kappa shape index (κ2) is 14.4. The highest BCUT2D eigenvalue weighted by Gasteiger charge is 2.22. The lowest BCUT2D eigenvalue weighted by Gasteiger charge is -2.19. The van der Waals surface area contributed by atoms with Gasteiger partial charge in [-0.3, -0.25) is 14.5 Å². The quantitative estimate of drug-likeness (QED) is 0.410. The first-order chi connectivity index (χ1) is 16.7. The van der Waals surface area contributed by atoms with Gasteiger partial charge in [-0.2, -0.15) is 0 Å². The van der Waals surface area contributed by atoms with Crippen molar-refractivity contribution >= 4 is 11.8 Å². The van der Waals surface area contributed by atoms with E-state index in [1.54, 1.807) is 12.1 Å². The van der Waals surface area contributed by atoms with Gasteiger partial charge < -0.3 is 15.4 Å². The summed E-state index contributed by atoms with van der Waals surface area (Å²) in [6.07, 6.45) is 7.34. The molecule has 6 heteroatoms. The highest BCUT2D eigenvalue weighted by atomic mass is 16.5. The molecule has 2 aromatic rings. The first kappa shape index (κ1) is 25.8. The van der Waals surface area contributed by atoms with Gasteiger partial charge >= 0.3 is 0 Å². The van der Waals surface area contributed by atoms with Crippen molar-refractivity contribution in [1.29, 1.82) is 0 Å². The van der Waals surface area contributed by atoms with E-state index in [1.165, 1.54) is 25.9 Å². The maximum absolute atomic E-state index is 12.9. The number of nitrogens with one attached hydrogen (secondary N) is 2. The molecule has 1 saturated heterocycles. The second-order valence-electron chi connectivity index (χ2n) is 8.99. The highest BCUT2D eigenvalue weighted by Crippen LogP contribution is 2.15. The van der Waals surface area contributed by atoms with E-state index < -0.39 is 6.04 Å². The number of ether oxygens (including phenoxy) is 1. The Bertz CT molecular complexity index is 864. The van der Waals surface area contributed by atoms with Crippen molar-refractivity contribution in [3.8, 4) is 5.75 Å². The number of benzene rings is 2. The molecule has 2 amide bonds. The van der Waals surface area contributed by atoms with Crippen LogP contribution in [0.2, 0.25) is 0 Å². The zero-order valence-corrected chi connectivity index (χ0v) is 20.4. The van der Waals surface area contributed by atoms with Gasteiger partial charge in [0.05, 0.1) is 0 Å². The lowest BCUT2D eigenvalue weighted by Crippen LogP contribution is -2.48. The summed E-state index contributed by atoms with van der Waals surface area (Å²) < 4.78 is 5.89. The van der Waals surface area contributed by atoms with Gasteiger partial charge in [-0.1, -0.05) is 56.5 Å². The van der Waals surface area contributed by atoms with Crippen molar-refractivity contribution in [1.82, 2.24) is 15.5 Å². The lowest BCUT2D eigenvalue weighted by atomic mass is 10.0. The summed E-state index contributed by atoms with van der Waals surface area (Å²) in [4.78, 5) is 28.1. The van der Waals surface area contributed by atoms with E-state index in [4.69, 9.17) is 4.74 Å². The largest absolute Gasteiger partial charge is 0.492 e. The van der Waals surface area contributed by atoms with E-state index in [-0.39, 0.29) is 11.8 Å². The molecule has 0 spiro atoms. The molecule has 1 atom stereocenters. The summed E-state index contributed by atoms with van der Waals surface area (Å²) in [5.74, 6) is 0.438. The zero-order valence-electron chi connectivity index (χ0n) is 20.4. The number of likely N-dealkylation sites (tertiary alicyclic amines) is 1. The predicted octanol–water partition coefficient (Wildman–Crippen LogP) is 4.20. The highest BCUT2D eigenvalue weighted by molar-refractivity contribution is 5.97. The third-order valence-electron chi connectivity index (χ3n) is 6.23. The van der Waals surface area contributed by atoms with Crippen molar-refractivity contribution in [3.05, 3.63) is 65.7 Å². The van der Waals surface area contributed by atoms with Crippen LogP contribution in [0, 0.1) is 0 Å². The fourth-order valence-electron chi connectivity index (χ4n) is 4.18. The maximum Gasteiger partial charge on any atom is 0.251 e. The zero-order chi connectivity index (χ0) is 24.0. The molecule has 0 aliphatic carbocycles. The molecule has 0 bridgehead atoms. The van der Waals surface area contributed by atoms with Crippen LogP contribution < -0.4 is 15.4 Å². The number of unbranched alkanes of at least 4 members (excludes halogenated alkanes) is 3. The average molecular weight is 466 g/mol. The van der Waals surface area contributed by atoms with E-state index >= 15 is 0 Å². The average Bonchev–Trinajstić information content (AvgIpc) is 3.38. The molecule has 6 nitrogen and oxygen atoms in total. The SMILES string of the molecule is CCCCCCNC(=O)C(Cc1ccc(OCCN2CCCC2)cc1)NC(=O)c1ccccc1. The van der Waals surface area contributed by atoms with Crippen molar-refractivity contribution < 1.29 is 14.3 Å². The van der Waals surface area contributed by atoms with Crippen LogP contribution in [0.5, 0.6) is 5.75 Å². The lowest BCUT2D eigenvalue weighted by molar-refractivity contribution is -0.122.